The zero-order valence-corrected chi connectivity index (χ0v) is 14.7. The molecule has 0 aromatic heterocycles. The lowest BCUT2D eigenvalue weighted by molar-refractivity contribution is 0.0700. The number of hydrogen-bond donors (Lipinski definition) is 1. The maximum Gasteiger partial charge on any atom is 0.161 e. The Bertz CT molecular complexity index is 458. The van der Waals surface area contributed by atoms with Crippen molar-refractivity contribution in [2.24, 2.45) is 5.92 Å². The van der Waals surface area contributed by atoms with Gasteiger partial charge >= 0.3 is 0 Å². The number of methoxy groups -OCH3 is 1. The van der Waals surface area contributed by atoms with Crippen molar-refractivity contribution in [2.45, 2.75) is 70.8 Å². The van der Waals surface area contributed by atoms with Crippen LogP contribution in [-0.2, 0) is 6.42 Å². The van der Waals surface area contributed by atoms with Crippen LogP contribution in [0, 0.1) is 5.92 Å². The smallest absolute Gasteiger partial charge is 0.161 e. The molecule has 3 nitrogen and oxygen atoms in total. The molecule has 0 saturated heterocycles. The topological polar surface area (TPSA) is 38.7 Å². The minimum Gasteiger partial charge on any atom is -0.493 e. The van der Waals surface area contributed by atoms with Gasteiger partial charge in [0, 0.05) is 0 Å². The number of rotatable bonds is 9. The molecule has 1 saturated carbocycles. The van der Waals surface area contributed by atoms with E-state index in [1.54, 1.807) is 7.11 Å². The molecular weight excluding hydrogens is 288 g/mol. The second-order valence-corrected chi connectivity index (χ2v) is 6.71. The lowest BCUT2D eigenvalue weighted by Gasteiger charge is -2.27. The molecule has 1 aliphatic rings. The second-order valence-electron chi connectivity index (χ2n) is 6.71. The van der Waals surface area contributed by atoms with Crippen LogP contribution in [0.25, 0.3) is 0 Å². The molecule has 0 amide bonds. The lowest BCUT2D eigenvalue weighted by Crippen LogP contribution is -2.26. The van der Waals surface area contributed by atoms with Crippen LogP contribution < -0.4 is 9.47 Å². The van der Waals surface area contributed by atoms with E-state index in [9.17, 15) is 5.11 Å². The van der Waals surface area contributed by atoms with E-state index < -0.39 is 0 Å². The summed E-state index contributed by atoms with van der Waals surface area (Å²) in [6.45, 7) is 2.96. The van der Waals surface area contributed by atoms with E-state index in [0.717, 1.165) is 50.2 Å². The maximum atomic E-state index is 10.1. The molecule has 0 spiro atoms. The van der Waals surface area contributed by atoms with E-state index in [2.05, 4.69) is 19.1 Å². The quantitative estimate of drug-likeness (QED) is 0.667. The highest BCUT2D eigenvalue weighted by molar-refractivity contribution is 5.43. The average molecular weight is 320 g/mol. The molecule has 130 valence electrons. The van der Waals surface area contributed by atoms with Gasteiger partial charge in [0.1, 0.15) is 0 Å². The molecule has 23 heavy (non-hydrogen) atoms. The summed E-state index contributed by atoms with van der Waals surface area (Å²) >= 11 is 0. The Morgan fingerprint density at radius 3 is 2.65 bits per heavy atom. The fourth-order valence-electron chi connectivity index (χ4n) is 3.40. The van der Waals surface area contributed by atoms with Crippen molar-refractivity contribution in [3.8, 4) is 11.5 Å². The minimum absolute atomic E-state index is 0.149. The third-order valence-corrected chi connectivity index (χ3v) is 4.85. The predicted molar refractivity (Wildman–Crippen MR) is 94.3 cm³/mol. The van der Waals surface area contributed by atoms with E-state index in [0.29, 0.717) is 5.92 Å². The van der Waals surface area contributed by atoms with Crippen LogP contribution in [-0.4, -0.2) is 24.9 Å². The monoisotopic (exact) mass is 320 g/mol. The molecule has 1 aromatic rings. The molecule has 1 fully saturated rings. The second kappa shape index (κ2) is 9.82. The van der Waals surface area contributed by atoms with Crippen molar-refractivity contribution >= 4 is 0 Å². The molecule has 0 aliphatic heterocycles. The van der Waals surface area contributed by atoms with Crippen molar-refractivity contribution in [1.29, 1.82) is 0 Å². The Morgan fingerprint density at radius 2 is 1.91 bits per heavy atom. The molecule has 1 aromatic carbocycles. The van der Waals surface area contributed by atoms with Crippen LogP contribution in [0.1, 0.15) is 63.9 Å². The summed E-state index contributed by atoms with van der Waals surface area (Å²) in [6, 6.07) is 6.21. The van der Waals surface area contributed by atoms with Crippen LogP contribution in [0.3, 0.4) is 0 Å². The van der Waals surface area contributed by atoms with Gasteiger partial charge in [-0.3, -0.25) is 0 Å². The normalized spacial score (nSPS) is 21.2. The molecule has 2 unspecified atom stereocenters. The van der Waals surface area contributed by atoms with Crippen LogP contribution in [0.4, 0.5) is 0 Å². The number of hydrogen-bond acceptors (Lipinski definition) is 3. The van der Waals surface area contributed by atoms with Crippen LogP contribution in [0.2, 0.25) is 0 Å². The third kappa shape index (κ3) is 5.72. The SMILES string of the molecule is CCCCCCOc1ccc(CC2CCCCC2O)cc1OC. The number of aliphatic hydroxyl groups excluding tert-OH is 1. The van der Waals surface area contributed by atoms with Gasteiger partial charge in [-0.25, -0.2) is 0 Å². The fourth-order valence-corrected chi connectivity index (χ4v) is 3.40. The summed E-state index contributed by atoms with van der Waals surface area (Å²) in [5.41, 5.74) is 1.23. The Balaban J connectivity index is 1.90. The summed E-state index contributed by atoms with van der Waals surface area (Å²) in [5.74, 6) is 2.02. The van der Waals surface area contributed by atoms with Gasteiger partial charge in [-0.1, -0.05) is 45.1 Å². The van der Waals surface area contributed by atoms with Gasteiger partial charge in [0.25, 0.3) is 0 Å². The summed E-state index contributed by atoms with van der Waals surface area (Å²) in [5, 5.41) is 10.1. The van der Waals surface area contributed by atoms with Crippen molar-refractivity contribution in [3.63, 3.8) is 0 Å². The summed E-state index contributed by atoms with van der Waals surface area (Å²) in [4.78, 5) is 0. The van der Waals surface area contributed by atoms with Crippen molar-refractivity contribution in [2.75, 3.05) is 13.7 Å². The van der Waals surface area contributed by atoms with Crippen LogP contribution in [0.5, 0.6) is 11.5 Å². The minimum atomic E-state index is -0.149. The first kappa shape index (κ1) is 18.1. The average Bonchev–Trinajstić information content (AvgIpc) is 2.57. The van der Waals surface area contributed by atoms with Crippen LogP contribution in [0.15, 0.2) is 18.2 Å². The van der Waals surface area contributed by atoms with Gasteiger partial charge in [0.15, 0.2) is 11.5 Å². The van der Waals surface area contributed by atoms with Gasteiger partial charge in [-0.2, -0.15) is 0 Å². The van der Waals surface area contributed by atoms with Gasteiger partial charge in [-0.05, 0) is 49.3 Å². The lowest BCUT2D eigenvalue weighted by atomic mass is 9.82. The van der Waals surface area contributed by atoms with E-state index >= 15 is 0 Å². The Kier molecular flexibility index (Phi) is 7.73. The standard InChI is InChI=1S/C20H32O3/c1-3-4-5-8-13-23-19-12-11-16(15-20(19)22-2)14-17-9-6-7-10-18(17)21/h11-12,15,17-18,21H,3-10,13-14H2,1-2H3. The molecule has 0 radical (unpaired) electrons. The zero-order chi connectivity index (χ0) is 16.5. The van der Waals surface area contributed by atoms with E-state index in [4.69, 9.17) is 9.47 Å². The van der Waals surface area contributed by atoms with Crippen molar-refractivity contribution < 1.29 is 14.6 Å². The van der Waals surface area contributed by atoms with Crippen molar-refractivity contribution in [3.05, 3.63) is 23.8 Å². The maximum absolute atomic E-state index is 10.1. The molecule has 0 bridgehead atoms. The summed E-state index contributed by atoms with van der Waals surface area (Å²) < 4.78 is 11.4. The number of unbranched alkanes of at least 4 members (excludes halogenated alkanes) is 3. The molecule has 2 rings (SSSR count). The highest BCUT2D eigenvalue weighted by Crippen LogP contribution is 2.32. The fraction of sp³-hybridized carbons (Fsp3) is 0.700. The Morgan fingerprint density at radius 1 is 1.09 bits per heavy atom. The molecule has 2 atom stereocenters. The molecule has 1 aliphatic carbocycles. The van der Waals surface area contributed by atoms with Gasteiger partial charge < -0.3 is 14.6 Å². The van der Waals surface area contributed by atoms with E-state index in [1.165, 1.54) is 31.2 Å². The highest BCUT2D eigenvalue weighted by atomic mass is 16.5. The first-order valence-electron chi connectivity index (χ1n) is 9.22. The Labute approximate surface area is 141 Å². The molecule has 3 heteroatoms. The molecule has 0 heterocycles. The molecule has 1 N–H and O–H groups in total. The largest absolute Gasteiger partial charge is 0.493 e. The van der Waals surface area contributed by atoms with Gasteiger partial charge in [0.2, 0.25) is 0 Å². The first-order valence-corrected chi connectivity index (χ1v) is 9.22. The number of aliphatic hydroxyl groups is 1. The van der Waals surface area contributed by atoms with Crippen LogP contribution >= 0.6 is 0 Å². The summed E-state index contributed by atoms with van der Waals surface area (Å²) in [6.07, 6.45) is 10.1. The molecular formula is C20H32O3. The Hall–Kier alpha value is -1.22. The first-order chi connectivity index (χ1) is 11.2. The van der Waals surface area contributed by atoms with Gasteiger partial charge in [-0.15, -0.1) is 0 Å². The van der Waals surface area contributed by atoms with E-state index in [-0.39, 0.29) is 6.10 Å². The highest BCUT2D eigenvalue weighted by Gasteiger charge is 2.23. The summed E-state index contributed by atoms with van der Waals surface area (Å²) in [7, 11) is 1.69. The third-order valence-electron chi connectivity index (χ3n) is 4.85. The number of ether oxygens (including phenoxy) is 2. The zero-order valence-electron chi connectivity index (χ0n) is 14.7. The van der Waals surface area contributed by atoms with E-state index in [1.807, 2.05) is 6.07 Å². The van der Waals surface area contributed by atoms with Crippen molar-refractivity contribution in [1.82, 2.24) is 0 Å². The predicted octanol–water partition coefficient (Wildman–Crippen LogP) is 4.75. The number of benzene rings is 1. The van der Waals surface area contributed by atoms with Gasteiger partial charge in [0.05, 0.1) is 19.8 Å².